The van der Waals surface area contributed by atoms with Crippen molar-refractivity contribution in [3.63, 3.8) is 0 Å². The molecule has 3 heteroatoms. The van der Waals surface area contributed by atoms with Crippen molar-refractivity contribution in [2.75, 3.05) is 19.7 Å². The molecule has 0 saturated carbocycles. The van der Waals surface area contributed by atoms with E-state index in [9.17, 15) is 0 Å². The molecule has 1 heterocycles. The first-order chi connectivity index (χ1) is 7.63. The molecule has 1 rings (SSSR count). The molecule has 0 aromatic carbocycles. The van der Waals surface area contributed by atoms with Gasteiger partial charge in [0.25, 0.3) is 0 Å². The van der Waals surface area contributed by atoms with Gasteiger partial charge in [-0.25, -0.2) is 0 Å². The Labute approximate surface area is 99.1 Å². The van der Waals surface area contributed by atoms with Gasteiger partial charge in [-0.1, -0.05) is 19.8 Å². The Balaban J connectivity index is 2.58. The molecule has 92 valence electrons. The lowest BCUT2D eigenvalue weighted by atomic mass is 9.83. The fourth-order valence-corrected chi connectivity index (χ4v) is 2.12. The van der Waals surface area contributed by atoms with Crippen LogP contribution < -0.4 is 11.1 Å². The Hall–Kier alpha value is -0.560. The summed E-state index contributed by atoms with van der Waals surface area (Å²) in [7, 11) is 0. The predicted molar refractivity (Wildman–Crippen MR) is 67.1 cm³/mol. The molecule has 1 aliphatic rings. The fourth-order valence-electron chi connectivity index (χ4n) is 2.12. The van der Waals surface area contributed by atoms with E-state index >= 15 is 0 Å². The molecule has 16 heavy (non-hydrogen) atoms. The van der Waals surface area contributed by atoms with Crippen molar-refractivity contribution < 1.29 is 4.74 Å². The average Bonchev–Trinajstić information content (AvgIpc) is 2.30. The van der Waals surface area contributed by atoms with Gasteiger partial charge in [0.15, 0.2) is 0 Å². The molecule has 0 aromatic rings. The molecule has 0 aliphatic carbocycles. The molecule has 0 radical (unpaired) electrons. The summed E-state index contributed by atoms with van der Waals surface area (Å²) >= 11 is 0. The van der Waals surface area contributed by atoms with Crippen LogP contribution in [0.25, 0.3) is 0 Å². The number of nitrogens with one attached hydrogen (secondary N) is 1. The van der Waals surface area contributed by atoms with Crippen molar-refractivity contribution in [1.29, 1.82) is 0 Å². The topological polar surface area (TPSA) is 47.3 Å². The van der Waals surface area contributed by atoms with Gasteiger partial charge in [-0.05, 0) is 25.7 Å². The van der Waals surface area contributed by atoms with Crippen molar-refractivity contribution in [3.8, 4) is 11.8 Å². The van der Waals surface area contributed by atoms with Gasteiger partial charge in [-0.3, -0.25) is 5.32 Å². The molecule has 3 nitrogen and oxygen atoms in total. The minimum atomic E-state index is 0.0248. The fraction of sp³-hybridized carbons (Fsp3) is 0.846. The Morgan fingerprint density at radius 2 is 2.31 bits per heavy atom. The van der Waals surface area contributed by atoms with Crippen LogP contribution in [0.1, 0.15) is 33.6 Å². The second kappa shape index (κ2) is 6.24. The van der Waals surface area contributed by atoms with E-state index in [-0.39, 0.29) is 5.54 Å². The van der Waals surface area contributed by atoms with E-state index in [1.807, 2.05) is 6.92 Å². The monoisotopic (exact) mass is 224 g/mol. The van der Waals surface area contributed by atoms with Crippen LogP contribution in [0.2, 0.25) is 0 Å². The lowest BCUT2D eigenvalue weighted by Gasteiger charge is -2.42. The van der Waals surface area contributed by atoms with Crippen LogP contribution >= 0.6 is 0 Å². The molecule has 2 unspecified atom stereocenters. The zero-order chi connectivity index (χ0) is 12.0. The zero-order valence-electron chi connectivity index (χ0n) is 10.7. The summed E-state index contributed by atoms with van der Waals surface area (Å²) in [6, 6.07) is 0. The molecule has 0 aromatic heterocycles. The standard InChI is InChI=1S/C13H24N2O/c1-4-5-7-15-13(10-14)6-8-16-12(9-13)11(2)3/h11-12,15H,6-10,14H2,1-3H3. The lowest BCUT2D eigenvalue weighted by molar-refractivity contribution is -0.0484. The third-order valence-electron chi connectivity index (χ3n) is 3.37. The van der Waals surface area contributed by atoms with Gasteiger partial charge in [0.1, 0.15) is 0 Å². The minimum Gasteiger partial charge on any atom is -0.378 e. The number of hydrogen-bond acceptors (Lipinski definition) is 3. The predicted octanol–water partition coefficient (Wildman–Crippen LogP) is 1.13. The van der Waals surface area contributed by atoms with Crippen molar-refractivity contribution in [1.82, 2.24) is 5.32 Å². The summed E-state index contributed by atoms with van der Waals surface area (Å²) in [6.45, 7) is 8.43. The van der Waals surface area contributed by atoms with E-state index in [1.54, 1.807) is 0 Å². The van der Waals surface area contributed by atoms with Gasteiger partial charge < -0.3 is 10.5 Å². The SMILES string of the molecule is CC#CCNC1(CN)CCOC(C(C)C)C1. The highest BCUT2D eigenvalue weighted by Crippen LogP contribution is 2.27. The van der Waals surface area contributed by atoms with Crippen molar-refractivity contribution in [2.24, 2.45) is 11.7 Å². The van der Waals surface area contributed by atoms with Gasteiger partial charge in [0.2, 0.25) is 0 Å². The summed E-state index contributed by atoms with van der Waals surface area (Å²) in [5, 5.41) is 3.49. The average molecular weight is 224 g/mol. The molecule has 1 fully saturated rings. The maximum absolute atomic E-state index is 5.92. The zero-order valence-corrected chi connectivity index (χ0v) is 10.7. The van der Waals surface area contributed by atoms with Crippen LogP contribution in [0, 0.1) is 17.8 Å². The van der Waals surface area contributed by atoms with Crippen molar-refractivity contribution in [2.45, 2.75) is 45.3 Å². The summed E-state index contributed by atoms with van der Waals surface area (Å²) in [4.78, 5) is 0. The quantitative estimate of drug-likeness (QED) is 0.704. The molecule has 0 bridgehead atoms. The molecule has 0 spiro atoms. The molecular formula is C13H24N2O. The van der Waals surface area contributed by atoms with E-state index in [2.05, 4.69) is 31.0 Å². The maximum atomic E-state index is 5.92. The Morgan fingerprint density at radius 3 is 2.88 bits per heavy atom. The third-order valence-corrected chi connectivity index (χ3v) is 3.37. The number of ether oxygens (including phenoxy) is 1. The Kier molecular flexibility index (Phi) is 5.27. The van der Waals surface area contributed by atoms with Crippen LogP contribution in [-0.4, -0.2) is 31.3 Å². The van der Waals surface area contributed by atoms with E-state index in [0.717, 1.165) is 26.0 Å². The summed E-state index contributed by atoms with van der Waals surface area (Å²) in [5.74, 6) is 6.49. The van der Waals surface area contributed by atoms with E-state index < -0.39 is 0 Å². The number of rotatable bonds is 4. The molecule has 2 atom stereocenters. The van der Waals surface area contributed by atoms with Crippen LogP contribution in [0.4, 0.5) is 0 Å². The molecule has 0 amide bonds. The van der Waals surface area contributed by atoms with Gasteiger partial charge in [0, 0.05) is 18.7 Å². The van der Waals surface area contributed by atoms with Crippen LogP contribution in [0.3, 0.4) is 0 Å². The first kappa shape index (κ1) is 13.5. The van der Waals surface area contributed by atoms with Gasteiger partial charge in [-0.2, -0.15) is 0 Å². The summed E-state index contributed by atoms with van der Waals surface area (Å²) in [6.07, 6.45) is 2.30. The number of nitrogens with two attached hydrogens (primary N) is 1. The van der Waals surface area contributed by atoms with Gasteiger partial charge in [-0.15, -0.1) is 5.92 Å². The highest BCUT2D eigenvalue weighted by Gasteiger charge is 2.36. The molecule has 1 aliphatic heterocycles. The number of hydrogen-bond donors (Lipinski definition) is 2. The summed E-state index contributed by atoms with van der Waals surface area (Å²) < 4.78 is 5.77. The molecule has 1 saturated heterocycles. The van der Waals surface area contributed by atoms with E-state index in [4.69, 9.17) is 10.5 Å². The minimum absolute atomic E-state index is 0.0248. The van der Waals surface area contributed by atoms with Crippen LogP contribution in [0.5, 0.6) is 0 Å². The van der Waals surface area contributed by atoms with Crippen molar-refractivity contribution >= 4 is 0 Å². The van der Waals surface area contributed by atoms with Gasteiger partial charge >= 0.3 is 0 Å². The molecule has 3 N–H and O–H groups in total. The second-order valence-corrected chi connectivity index (χ2v) is 4.87. The van der Waals surface area contributed by atoms with E-state index in [0.29, 0.717) is 18.6 Å². The summed E-state index contributed by atoms with van der Waals surface area (Å²) in [5.41, 5.74) is 5.94. The Bertz CT molecular complexity index is 267. The van der Waals surface area contributed by atoms with Crippen molar-refractivity contribution in [3.05, 3.63) is 0 Å². The van der Waals surface area contributed by atoms with E-state index in [1.165, 1.54) is 0 Å². The maximum Gasteiger partial charge on any atom is 0.0616 e. The lowest BCUT2D eigenvalue weighted by Crippen LogP contribution is -2.57. The highest BCUT2D eigenvalue weighted by atomic mass is 16.5. The van der Waals surface area contributed by atoms with Gasteiger partial charge in [0.05, 0.1) is 12.6 Å². The third kappa shape index (κ3) is 3.48. The highest BCUT2D eigenvalue weighted by molar-refractivity contribution is 5.02. The molecular weight excluding hydrogens is 200 g/mol. The normalized spacial score (nSPS) is 29.9. The van der Waals surface area contributed by atoms with Crippen LogP contribution in [0.15, 0.2) is 0 Å². The largest absolute Gasteiger partial charge is 0.378 e. The first-order valence-electron chi connectivity index (χ1n) is 6.10. The smallest absolute Gasteiger partial charge is 0.0616 e. The second-order valence-electron chi connectivity index (χ2n) is 4.87. The Morgan fingerprint density at radius 1 is 1.56 bits per heavy atom. The first-order valence-corrected chi connectivity index (χ1v) is 6.10. The van der Waals surface area contributed by atoms with Crippen LogP contribution in [-0.2, 0) is 4.74 Å².